The van der Waals surface area contributed by atoms with Gasteiger partial charge < -0.3 is 25.0 Å². The SMILES string of the molecule is CC(C)C[C@H](NC(=O)[C@@H](NC(=O)c1cccc(-c2ccccc2)n1)[C@@H](C)O)B1OC(=O)CCN(C)[C@H](C)C(=O)O1. The van der Waals surface area contributed by atoms with E-state index in [9.17, 15) is 24.3 Å². The van der Waals surface area contributed by atoms with Crippen LogP contribution in [0.2, 0.25) is 0 Å². The molecule has 214 valence electrons. The number of amides is 2. The fourth-order valence-corrected chi connectivity index (χ4v) is 4.20. The Hall–Kier alpha value is -3.77. The lowest BCUT2D eigenvalue weighted by atomic mass is 9.73. The topological polar surface area (TPSA) is 147 Å². The van der Waals surface area contributed by atoms with Crippen molar-refractivity contribution in [1.29, 1.82) is 0 Å². The number of likely N-dealkylation sites (N-methyl/N-ethyl adjacent to an activating group) is 1. The molecule has 1 aromatic heterocycles. The number of hydrogen-bond acceptors (Lipinski definition) is 9. The van der Waals surface area contributed by atoms with Crippen LogP contribution in [0, 0.1) is 5.92 Å². The predicted octanol–water partition coefficient (Wildman–Crippen LogP) is 1.60. The van der Waals surface area contributed by atoms with Crippen LogP contribution in [0.25, 0.3) is 11.3 Å². The maximum Gasteiger partial charge on any atom is 0.622 e. The van der Waals surface area contributed by atoms with Crippen LogP contribution >= 0.6 is 0 Å². The molecule has 2 aromatic rings. The summed E-state index contributed by atoms with van der Waals surface area (Å²) in [6.45, 7) is 7.12. The Morgan fingerprint density at radius 3 is 2.42 bits per heavy atom. The van der Waals surface area contributed by atoms with Crippen LogP contribution in [0.3, 0.4) is 0 Å². The molecule has 4 atom stereocenters. The number of aromatic nitrogens is 1. The van der Waals surface area contributed by atoms with Gasteiger partial charge in [-0.3, -0.25) is 24.1 Å². The van der Waals surface area contributed by atoms with E-state index in [2.05, 4.69) is 15.6 Å². The van der Waals surface area contributed by atoms with Gasteiger partial charge in [0.1, 0.15) is 17.8 Å². The molecule has 11 nitrogen and oxygen atoms in total. The maximum atomic E-state index is 13.4. The van der Waals surface area contributed by atoms with E-state index in [0.29, 0.717) is 18.7 Å². The van der Waals surface area contributed by atoms with Crippen LogP contribution in [0.15, 0.2) is 48.5 Å². The summed E-state index contributed by atoms with van der Waals surface area (Å²) in [5, 5.41) is 15.7. The number of rotatable bonds is 9. The number of carbonyl (C=O) groups is 4. The van der Waals surface area contributed by atoms with Gasteiger partial charge in [-0.1, -0.05) is 50.2 Å². The summed E-state index contributed by atoms with van der Waals surface area (Å²) in [5.41, 5.74) is 1.46. The molecule has 0 unspecified atom stereocenters. The van der Waals surface area contributed by atoms with E-state index in [1.54, 1.807) is 31.0 Å². The molecule has 1 fully saturated rings. The molecule has 0 aliphatic carbocycles. The first-order valence-electron chi connectivity index (χ1n) is 13.4. The molecule has 1 saturated heterocycles. The summed E-state index contributed by atoms with van der Waals surface area (Å²) in [6.07, 6.45) is -0.944. The minimum Gasteiger partial charge on any atom is -0.498 e. The van der Waals surface area contributed by atoms with Crippen molar-refractivity contribution in [3.8, 4) is 11.3 Å². The molecule has 1 aliphatic rings. The van der Waals surface area contributed by atoms with Crippen LogP contribution in [-0.4, -0.2) is 83.6 Å². The summed E-state index contributed by atoms with van der Waals surface area (Å²) >= 11 is 0. The molecular formula is C28H37BN4O7. The largest absolute Gasteiger partial charge is 0.622 e. The second-order valence-corrected chi connectivity index (χ2v) is 10.4. The molecule has 0 spiro atoms. The van der Waals surface area contributed by atoms with Crippen LogP contribution in [0.4, 0.5) is 0 Å². The van der Waals surface area contributed by atoms with E-state index >= 15 is 0 Å². The van der Waals surface area contributed by atoms with Crippen molar-refractivity contribution < 1.29 is 33.6 Å². The first-order valence-corrected chi connectivity index (χ1v) is 13.4. The highest BCUT2D eigenvalue weighted by atomic mass is 16.6. The van der Waals surface area contributed by atoms with Crippen molar-refractivity contribution in [2.75, 3.05) is 13.6 Å². The summed E-state index contributed by atoms with van der Waals surface area (Å²) in [6, 6.07) is 12.3. The zero-order chi connectivity index (χ0) is 29.4. The second-order valence-electron chi connectivity index (χ2n) is 10.4. The molecular weight excluding hydrogens is 515 g/mol. The molecule has 3 N–H and O–H groups in total. The summed E-state index contributed by atoms with van der Waals surface area (Å²) < 4.78 is 11.0. The van der Waals surface area contributed by atoms with E-state index in [1.807, 2.05) is 44.2 Å². The molecule has 0 bridgehead atoms. The Labute approximate surface area is 234 Å². The van der Waals surface area contributed by atoms with E-state index in [-0.39, 0.29) is 18.0 Å². The van der Waals surface area contributed by atoms with E-state index in [1.165, 1.54) is 13.0 Å². The monoisotopic (exact) mass is 552 g/mol. The number of aliphatic hydroxyl groups is 1. The van der Waals surface area contributed by atoms with E-state index in [0.717, 1.165) is 5.56 Å². The van der Waals surface area contributed by atoms with Gasteiger partial charge in [0.05, 0.1) is 24.2 Å². The third-order valence-corrected chi connectivity index (χ3v) is 6.64. The molecule has 0 saturated carbocycles. The van der Waals surface area contributed by atoms with Gasteiger partial charge in [0.25, 0.3) is 11.9 Å². The van der Waals surface area contributed by atoms with Gasteiger partial charge in [-0.05, 0) is 45.4 Å². The summed E-state index contributed by atoms with van der Waals surface area (Å²) in [5.74, 6) is -3.48. The average molecular weight is 552 g/mol. The number of carbonyl (C=O) groups excluding carboxylic acids is 4. The van der Waals surface area contributed by atoms with Gasteiger partial charge >= 0.3 is 13.1 Å². The Morgan fingerprint density at radius 2 is 1.77 bits per heavy atom. The summed E-state index contributed by atoms with van der Waals surface area (Å²) in [7, 11) is 0.322. The molecule has 1 aromatic carbocycles. The molecule has 2 heterocycles. The third kappa shape index (κ3) is 8.37. The fraction of sp³-hybridized carbons (Fsp3) is 0.464. The highest BCUT2D eigenvalue weighted by Crippen LogP contribution is 2.17. The number of hydrogen-bond donors (Lipinski definition) is 3. The molecule has 40 heavy (non-hydrogen) atoms. The molecule has 0 radical (unpaired) electrons. The maximum absolute atomic E-state index is 13.4. The Morgan fingerprint density at radius 1 is 1.07 bits per heavy atom. The Bertz CT molecular complexity index is 1190. The quantitative estimate of drug-likeness (QED) is 0.395. The predicted molar refractivity (Wildman–Crippen MR) is 149 cm³/mol. The van der Waals surface area contributed by atoms with Gasteiger partial charge in [-0.15, -0.1) is 0 Å². The van der Waals surface area contributed by atoms with Crippen LogP contribution in [0.5, 0.6) is 0 Å². The lowest BCUT2D eigenvalue weighted by Gasteiger charge is -2.28. The third-order valence-electron chi connectivity index (χ3n) is 6.64. The normalized spacial score (nSPS) is 18.9. The minimum atomic E-state index is -1.38. The highest BCUT2D eigenvalue weighted by Gasteiger charge is 2.43. The first kappa shape index (κ1) is 30.8. The minimum absolute atomic E-state index is 0.0138. The van der Waals surface area contributed by atoms with Gasteiger partial charge in [-0.2, -0.15) is 0 Å². The number of pyridine rings is 1. The van der Waals surface area contributed by atoms with Crippen molar-refractivity contribution >= 4 is 30.9 Å². The smallest absolute Gasteiger partial charge is 0.498 e. The zero-order valence-electron chi connectivity index (χ0n) is 23.5. The van der Waals surface area contributed by atoms with Crippen molar-refractivity contribution in [3.63, 3.8) is 0 Å². The lowest BCUT2D eigenvalue weighted by Crippen LogP contribution is -2.59. The molecule has 2 amide bonds. The molecule has 12 heteroatoms. The van der Waals surface area contributed by atoms with Gasteiger partial charge in [0.15, 0.2) is 0 Å². The highest BCUT2D eigenvalue weighted by molar-refractivity contribution is 6.51. The molecule has 3 rings (SSSR count). The van der Waals surface area contributed by atoms with Crippen LogP contribution < -0.4 is 10.6 Å². The number of nitrogens with one attached hydrogen (secondary N) is 2. The van der Waals surface area contributed by atoms with Gasteiger partial charge in [0.2, 0.25) is 5.91 Å². The van der Waals surface area contributed by atoms with E-state index in [4.69, 9.17) is 9.31 Å². The van der Waals surface area contributed by atoms with E-state index < -0.39 is 55.0 Å². The summed E-state index contributed by atoms with van der Waals surface area (Å²) in [4.78, 5) is 57.7. The lowest BCUT2D eigenvalue weighted by molar-refractivity contribution is -0.142. The van der Waals surface area contributed by atoms with Crippen molar-refractivity contribution in [2.24, 2.45) is 5.92 Å². The van der Waals surface area contributed by atoms with Crippen molar-refractivity contribution in [3.05, 3.63) is 54.2 Å². The standard InChI is InChI=1S/C28H37BN4O7/c1-17(2)16-23(29-39-24(35)14-15-33(5)18(3)28(38)40-29)31-27(37)25(19(4)34)32-26(36)22-13-9-12-21(30-22)20-10-7-6-8-11-20/h6-13,17-19,23,25,34H,14-16H2,1-5H3,(H,31,37)(H,32,36)/t18-,19-,23+,25+/m1/s1. The second kappa shape index (κ2) is 14.0. The van der Waals surface area contributed by atoms with Crippen LogP contribution in [0.1, 0.15) is 51.0 Å². The Balaban J connectivity index is 1.79. The fourth-order valence-electron chi connectivity index (χ4n) is 4.20. The number of nitrogens with zero attached hydrogens (tertiary/aromatic N) is 2. The van der Waals surface area contributed by atoms with Gasteiger partial charge in [-0.25, -0.2) is 4.98 Å². The van der Waals surface area contributed by atoms with Crippen molar-refractivity contribution in [2.45, 2.75) is 64.7 Å². The Kier molecular flexibility index (Phi) is 10.8. The van der Waals surface area contributed by atoms with Crippen molar-refractivity contribution in [1.82, 2.24) is 20.5 Å². The zero-order valence-corrected chi connectivity index (χ0v) is 23.5. The number of aliphatic hydroxyl groups excluding tert-OH is 1. The average Bonchev–Trinajstić information content (AvgIpc) is 2.97. The first-order chi connectivity index (χ1) is 19.0. The molecule has 1 aliphatic heterocycles. The van der Waals surface area contributed by atoms with Crippen LogP contribution in [-0.2, 0) is 23.7 Å². The van der Waals surface area contributed by atoms with Gasteiger partial charge in [0, 0.05) is 12.1 Å². The number of benzene rings is 1.